The second-order valence-corrected chi connectivity index (χ2v) is 11.1. The first-order valence-corrected chi connectivity index (χ1v) is 12.1. The third kappa shape index (κ3) is 3.18. The molecule has 0 bridgehead atoms. The summed E-state index contributed by atoms with van der Waals surface area (Å²) in [6.07, 6.45) is 15.1. The van der Waals surface area contributed by atoms with Crippen molar-refractivity contribution in [2.45, 2.75) is 98.3 Å². The van der Waals surface area contributed by atoms with Gasteiger partial charge in [0.2, 0.25) is 0 Å². The molecule has 2 heteroatoms. The minimum absolute atomic E-state index is 0.0148. The fourth-order valence-corrected chi connectivity index (χ4v) is 8.90. The average Bonchev–Trinajstić information content (AvgIpc) is 2.98. The lowest BCUT2D eigenvalue weighted by Gasteiger charge is -2.60. The number of ether oxygens (including phenoxy) is 1. The molecule has 8 atom stereocenters. The van der Waals surface area contributed by atoms with Gasteiger partial charge in [0.1, 0.15) is 0 Å². The van der Waals surface area contributed by atoms with Crippen LogP contribution in [0, 0.1) is 46.3 Å². The van der Waals surface area contributed by atoms with E-state index in [9.17, 15) is 4.79 Å². The first-order valence-electron chi connectivity index (χ1n) is 12.1. The SMILES string of the molecule is CCOC(=O)C[C@H](C)[C@@H]1CC[C@@H]2[C@H]3CC[C@H]4CCCC[C@]4(C)[C@@H]3CC[C@@]21C. The van der Waals surface area contributed by atoms with Crippen molar-refractivity contribution in [3.63, 3.8) is 0 Å². The molecular formula is C25H42O2. The molecule has 4 aliphatic carbocycles. The Balaban J connectivity index is 1.50. The number of rotatable bonds is 4. The maximum Gasteiger partial charge on any atom is 0.306 e. The van der Waals surface area contributed by atoms with E-state index in [1.54, 1.807) is 0 Å². The molecule has 0 aromatic carbocycles. The predicted octanol–water partition coefficient (Wildman–Crippen LogP) is 6.62. The fourth-order valence-electron chi connectivity index (χ4n) is 8.90. The van der Waals surface area contributed by atoms with Gasteiger partial charge in [-0.3, -0.25) is 4.79 Å². The van der Waals surface area contributed by atoms with Crippen LogP contribution in [0.2, 0.25) is 0 Å². The smallest absolute Gasteiger partial charge is 0.306 e. The number of esters is 1. The Hall–Kier alpha value is -0.530. The monoisotopic (exact) mass is 374 g/mol. The van der Waals surface area contributed by atoms with E-state index in [-0.39, 0.29) is 5.97 Å². The van der Waals surface area contributed by atoms with Gasteiger partial charge >= 0.3 is 5.97 Å². The van der Waals surface area contributed by atoms with Crippen LogP contribution in [0.5, 0.6) is 0 Å². The highest BCUT2D eigenvalue weighted by Crippen LogP contribution is 2.68. The van der Waals surface area contributed by atoms with Crippen LogP contribution in [0.4, 0.5) is 0 Å². The van der Waals surface area contributed by atoms with Crippen LogP contribution >= 0.6 is 0 Å². The zero-order valence-corrected chi connectivity index (χ0v) is 18.3. The van der Waals surface area contributed by atoms with Gasteiger partial charge in [-0.15, -0.1) is 0 Å². The van der Waals surface area contributed by atoms with Gasteiger partial charge < -0.3 is 4.74 Å². The number of carbonyl (C=O) groups excluding carboxylic acids is 1. The van der Waals surface area contributed by atoms with Crippen molar-refractivity contribution in [2.24, 2.45) is 46.3 Å². The molecule has 4 aliphatic rings. The van der Waals surface area contributed by atoms with Crippen LogP contribution in [0.1, 0.15) is 98.3 Å². The first kappa shape index (κ1) is 19.8. The molecule has 0 heterocycles. The van der Waals surface area contributed by atoms with E-state index in [1.807, 2.05) is 6.92 Å². The molecule has 4 saturated carbocycles. The van der Waals surface area contributed by atoms with E-state index < -0.39 is 0 Å². The van der Waals surface area contributed by atoms with Crippen molar-refractivity contribution in [3.05, 3.63) is 0 Å². The van der Waals surface area contributed by atoms with Crippen molar-refractivity contribution in [1.82, 2.24) is 0 Å². The molecule has 0 radical (unpaired) electrons. The Labute approximate surface area is 167 Å². The molecule has 0 spiro atoms. The third-order valence-electron chi connectivity index (χ3n) is 10.1. The standard InChI is InChI=1S/C25H42O2/c1-5-27-23(26)16-17(2)20-11-12-21-19-10-9-18-8-6-7-14-24(18,3)22(19)13-15-25(20,21)4/h17-22H,5-16H2,1-4H3/t17-,18+,19+,20-,21+,22+,24-,25+/m0/s1. The summed E-state index contributed by atoms with van der Waals surface area (Å²) in [6.45, 7) is 10.0. The van der Waals surface area contributed by atoms with Gasteiger partial charge in [-0.05, 0) is 105 Å². The molecule has 27 heavy (non-hydrogen) atoms. The van der Waals surface area contributed by atoms with E-state index in [0.29, 0.717) is 35.7 Å². The molecule has 0 unspecified atom stereocenters. The van der Waals surface area contributed by atoms with Crippen molar-refractivity contribution in [1.29, 1.82) is 0 Å². The zero-order chi connectivity index (χ0) is 19.2. The maximum atomic E-state index is 12.1. The molecule has 0 aliphatic heterocycles. The first-order chi connectivity index (χ1) is 12.9. The van der Waals surface area contributed by atoms with Gasteiger partial charge in [-0.25, -0.2) is 0 Å². The highest BCUT2D eigenvalue weighted by Gasteiger charge is 2.60. The van der Waals surface area contributed by atoms with Gasteiger partial charge in [0, 0.05) is 6.42 Å². The lowest BCUT2D eigenvalue weighted by Crippen LogP contribution is -2.53. The van der Waals surface area contributed by atoms with Crippen LogP contribution in [-0.4, -0.2) is 12.6 Å². The second kappa shape index (κ2) is 7.38. The van der Waals surface area contributed by atoms with Crippen LogP contribution in [-0.2, 0) is 9.53 Å². The van der Waals surface area contributed by atoms with E-state index in [4.69, 9.17) is 4.74 Å². The van der Waals surface area contributed by atoms with Gasteiger partial charge in [0.05, 0.1) is 6.61 Å². The van der Waals surface area contributed by atoms with Gasteiger partial charge in [-0.2, -0.15) is 0 Å². The largest absolute Gasteiger partial charge is 0.466 e. The molecule has 0 saturated heterocycles. The Morgan fingerprint density at radius 3 is 2.52 bits per heavy atom. The normalized spacial score (nSPS) is 47.5. The lowest BCUT2D eigenvalue weighted by atomic mass is 9.44. The number of carbonyl (C=O) groups is 1. The van der Waals surface area contributed by atoms with Crippen molar-refractivity contribution < 1.29 is 9.53 Å². The van der Waals surface area contributed by atoms with Crippen LogP contribution < -0.4 is 0 Å². The minimum Gasteiger partial charge on any atom is -0.466 e. The van der Waals surface area contributed by atoms with Crippen molar-refractivity contribution >= 4 is 5.97 Å². The molecule has 0 amide bonds. The molecule has 0 aromatic heterocycles. The highest BCUT2D eigenvalue weighted by atomic mass is 16.5. The number of hydrogen-bond acceptors (Lipinski definition) is 2. The summed E-state index contributed by atoms with van der Waals surface area (Å²) >= 11 is 0. The van der Waals surface area contributed by atoms with Gasteiger partial charge in [0.15, 0.2) is 0 Å². The lowest BCUT2D eigenvalue weighted by molar-refractivity contribution is -0.145. The summed E-state index contributed by atoms with van der Waals surface area (Å²) < 4.78 is 5.26. The summed E-state index contributed by atoms with van der Waals surface area (Å²) in [7, 11) is 0. The van der Waals surface area contributed by atoms with E-state index in [2.05, 4.69) is 20.8 Å². The Kier molecular flexibility index (Phi) is 5.40. The summed E-state index contributed by atoms with van der Waals surface area (Å²) in [5, 5.41) is 0. The van der Waals surface area contributed by atoms with Gasteiger partial charge in [-0.1, -0.05) is 33.6 Å². The van der Waals surface area contributed by atoms with E-state index >= 15 is 0 Å². The molecular weight excluding hydrogens is 332 g/mol. The molecule has 0 aromatic rings. The molecule has 0 N–H and O–H groups in total. The third-order valence-corrected chi connectivity index (χ3v) is 10.1. The quantitative estimate of drug-likeness (QED) is 0.517. The Morgan fingerprint density at radius 2 is 1.74 bits per heavy atom. The number of fused-ring (bicyclic) bond motifs is 5. The molecule has 2 nitrogen and oxygen atoms in total. The molecule has 154 valence electrons. The summed E-state index contributed by atoms with van der Waals surface area (Å²) in [4.78, 5) is 12.1. The van der Waals surface area contributed by atoms with Crippen molar-refractivity contribution in [3.8, 4) is 0 Å². The summed E-state index contributed by atoms with van der Waals surface area (Å²) in [6, 6.07) is 0. The minimum atomic E-state index is 0.0148. The average molecular weight is 375 g/mol. The van der Waals surface area contributed by atoms with Crippen molar-refractivity contribution in [2.75, 3.05) is 6.61 Å². The fraction of sp³-hybridized carbons (Fsp3) is 0.960. The number of hydrogen-bond donors (Lipinski definition) is 0. The van der Waals surface area contributed by atoms with Crippen LogP contribution in [0.3, 0.4) is 0 Å². The topological polar surface area (TPSA) is 26.3 Å². The van der Waals surface area contributed by atoms with Crippen LogP contribution in [0.15, 0.2) is 0 Å². The van der Waals surface area contributed by atoms with Gasteiger partial charge in [0.25, 0.3) is 0 Å². The Morgan fingerprint density at radius 1 is 0.963 bits per heavy atom. The predicted molar refractivity (Wildman–Crippen MR) is 110 cm³/mol. The van der Waals surface area contributed by atoms with E-state index in [1.165, 1.54) is 64.2 Å². The highest BCUT2D eigenvalue weighted by molar-refractivity contribution is 5.69. The van der Waals surface area contributed by atoms with Crippen LogP contribution in [0.25, 0.3) is 0 Å². The maximum absolute atomic E-state index is 12.1. The summed E-state index contributed by atoms with van der Waals surface area (Å²) in [5.74, 6) is 5.06. The molecule has 4 fully saturated rings. The molecule has 4 rings (SSSR count). The summed E-state index contributed by atoms with van der Waals surface area (Å²) in [5.41, 5.74) is 1.10. The second-order valence-electron chi connectivity index (χ2n) is 11.1. The van der Waals surface area contributed by atoms with E-state index in [0.717, 1.165) is 23.7 Å². The Bertz CT molecular complexity index is 557. The zero-order valence-electron chi connectivity index (χ0n) is 18.3.